The molecular weight excluding hydrogens is 1010 g/mol. The number of benzene rings is 1. The predicted octanol–water partition coefficient (Wildman–Crippen LogP) is 8.09. The number of nitrogens with one attached hydrogen (secondary N) is 1. The van der Waals surface area contributed by atoms with E-state index < -0.39 is 89.8 Å². The van der Waals surface area contributed by atoms with Crippen molar-refractivity contribution in [3.63, 3.8) is 0 Å². The zero-order chi connectivity index (χ0) is 55.6. The molecule has 1 amide bonds. The number of piperidine rings is 1. The van der Waals surface area contributed by atoms with Crippen LogP contribution in [0.5, 0.6) is 0 Å². The number of rotatable bonds is 8. The summed E-state index contributed by atoms with van der Waals surface area (Å²) in [5.74, 6) is -8.58. The maximum Gasteiger partial charge on any atom is 0.311 e. The van der Waals surface area contributed by atoms with Gasteiger partial charge in [-0.2, -0.15) is 5.48 Å². The van der Waals surface area contributed by atoms with Crippen LogP contribution >= 0.6 is 23.4 Å². The van der Waals surface area contributed by atoms with Gasteiger partial charge < -0.3 is 44.1 Å². The van der Waals surface area contributed by atoms with Gasteiger partial charge in [0.25, 0.3) is 11.7 Å². The molecule has 18 heteroatoms. The summed E-state index contributed by atoms with van der Waals surface area (Å²) >= 11 is 7.86. The number of Topliss-reactive ketones (excluding diaryl/α,β-unsaturated/α-hetero) is 3. The van der Waals surface area contributed by atoms with Gasteiger partial charge in [0.1, 0.15) is 30.2 Å². The Morgan fingerprint density at radius 1 is 0.934 bits per heavy atom. The zero-order valence-electron chi connectivity index (χ0n) is 46.2. The van der Waals surface area contributed by atoms with E-state index in [2.05, 4.69) is 5.48 Å². The second-order valence-corrected chi connectivity index (χ2v) is 23.9. The smallest absolute Gasteiger partial charge is 0.311 e. The molecule has 16 atom stereocenters. The van der Waals surface area contributed by atoms with E-state index in [4.69, 9.17) is 35.4 Å². The number of esters is 1. The molecular formula is C58H84ClN3O13S. The third kappa shape index (κ3) is 15.5. The minimum absolute atomic E-state index is 0.00375. The van der Waals surface area contributed by atoms with Crippen LogP contribution in [0.25, 0.3) is 0 Å². The van der Waals surface area contributed by atoms with Crippen molar-refractivity contribution in [2.24, 2.45) is 41.4 Å². The van der Waals surface area contributed by atoms with Crippen molar-refractivity contribution in [3.8, 4) is 0 Å². The number of hydroxylamine groups is 1. The third-order valence-corrected chi connectivity index (χ3v) is 17.9. The van der Waals surface area contributed by atoms with Crippen LogP contribution in [0, 0.1) is 41.4 Å². The number of cyclic esters (lactones) is 1. The fraction of sp³-hybridized carbons (Fsp3) is 0.672. The van der Waals surface area contributed by atoms with Crippen molar-refractivity contribution in [1.82, 2.24) is 10.4 Å². The topological polar surface area (TPSA) is 211 Å². The lowest BCUT2D eigenvalue weighted by Crippen LogP contribution is -2.59. The average Bonchev–Trinajstić information content (AvgIpc) is 3.72. The van der Waals surface area contributed by atoms with Gasteiger partial charge in [0.2, 0.25) is 5.79 Å². The summed E-state index contributed by atoms with van der Waals surface area (Å²) in [6.07, 6.45) is 10.1. The van der Waals surface area contributed by atoms with E-state index in [9.17, 15) is 39.3 Å². The van der Waals surface area contributed by atoms with Crippen molar-refractivity contribution >= 4 is 58.3 Å². The van der Waals surface area contributed by atoms with Gasteiger partial charge in [-0.15, -0.1) is 0 Å². The van der Waals surface area contributed by atoms with E-state index in [1.165, 1.54) is 12.0 Å². The van der Waals surface area contributed by atoms with Crippen LogP contribution in [-0.4, -0.2) is 138 Å². The third-order valence-electron chi connectivity index (χ3n) is 16.4. The Morgan fingerprint density at radius 3 is 2.41 bits per heavy atom. The first kappa shape index (κ1) is 61.5. The molecule has 3 fully saturated rings. The molecule has 0 aromatic heterocycles. The predicted molar refractivity (Wildman–Crippen MR) is 292 cm³/mol. The van der Waals surface area contributed by atoms with E-state index in [0.29, 0.717) is 74.8 Å². The molecule has 4 aliphatic heterocycles. The number of carbonyl (C=O) groups is 5. The van der Waals surface area contributed by atoms with Crippen molar-refractivity contribution in [2.45, 2.75) is 178 Å². The minimum atomic E-state index is -2.39. The molecule has 76 heavy (non-hydrogen) atoms. The summed E-state index contributed by atoms with van der Waals surface area (Å²) in [6.45, 7) is 12.8. The average molecular weight is 1100 g/mol. The lowest BCUT2D eigenvalue weighted by Gasteiger charge is -2.42. The van der Waals surface area contributed by atoms with Crippen LogP contribution in [0.3, 0.4) is 0 Å². The van der Waals surface area contributed by atoms with E-state index in [-0.39, 0.29) is 54.3 Å². The maximum absolute atomic E-state index is 14.4. The fourth-order valence-corrected chi connectivity index (χ4v) is 12.6. The largest absolute Gasteiger partial charge is 0.461 e. The molecule has 1 saturated carbocycles. The number of ketones is 3. The van der Waals surface area contributed by atoms with Gasteiger partial charge in [0, 0.05) is 74.9 Å². The van der Waals surface area contributed by atoms with Gasteiger partial charge in [-0.3, -0.25) is 28.8 Å². The van der Waals surface area contributed by atoms with Gasteiger partial charge >= 0.3 is 5.97 Å². The number of hydrogen-bond acceptors (Lipinski definition) is 16. The zero-order valence-corrected chi connectivity index (χ0v) is 47.7. The number of aliphatic hydroxyl groups excluding tert-OH is 2. The normalized spacial score (nSPS) is 38.0. The van der Waals surface area contributed by atoms with Gasteiger partial charge in [-0.25, -0.2) is 0 Å². The number of allylic oxidation sites excluding steroid dienone is 6. The molecule has 4 heterocycles. The molecule has 4 N–H and O–H groups in total. The van der Waals surface area contributed by atoms with Crippen LogP contribution in [0.4, 0.5) is 5.69 Å². The van der Waals surface area contributed by atoms with Crippen molar-refractivity contribution in [1.29, 1.82) is 0 Å². The second-order valence-electron chi connectivity index (χ2n) is 22.4. The number of carbonyl (C=O) groups excluding carboxylic acids is 5. The summed E-state index contributed by atoms with van der Waals surface area (Å²) in [7, 11) is 4.90. The quantitative estimate of drug-likeness (QED) is 0.0839. The lowest BCUT2D eigenvalue weighted by atomic mass is 9.78. The highest BCUT2D eigenvalue weighted by atomic mass is 35.5. The summed E-state index contributed by atoms with van der Waals surface area (Å²) in [5.41, 5.74) is 5.13. The van der Waals surface area contributed by atoms with Crippen molar-refractivity contribution in [3.05, 3.63) is 70.8 Å². The highest BCUT2D eigenvalue weighted by Gasteiger charge is 2.52. The Balaban J connectivity index is 1.23. The van der Waals surface area contributed by atoms with Gasteiger partial charge in [0.05, 0.1) is 29.9 Å². The number of amides is 1. The maximum atomic E-state index is 14.4. The van der Waals surface area contributed by atoms with Crippen LogP contribution in [0.15, 0.2) is 70.7 Å². The highest BCUT2D eigenvalue weighted by Crippen LogP contribution is 2.43. The van der Waals surface area contributed by atoms with Gasteiger partial charge in [-0.05, 0) is 119 Å². The Morgan fingerprint density at radius 2 is 1.68 bits per heavy atom. The first-order chi connectivity index (χ1) is 36.0. The molecule has 422 valence electrons. The van der Waals surface area contributed by atoms with E-state index in [0.717, 1.165) is 16.2 Å². The Labute approximate surface area is 459 Å². The Hall–Kier alpha value is -3.75. The van der Waals surface area contributed by atoms with Crippen LogP contribution in [0.1, 0.15) is 119 Å². The first-order valence-electron chi connectivity index (χ1n) is 27.3. The molecule has 1 unspecified atom stereocenters. The summed E-state index contributed by atoms with van der Waals surface area (Å²) in [5, 5.41) is 35.2. The van der Waals surface area contributed by atoms with Crippen molar-refractivity contribution in [2.75, 3.05) is 39.3 Å². The minimum Gasteiger partial charge on any atom is -0.461 e. The highest BCUT2D eigenvalue weighted by molar-refractivity contribution is 8.00. The molecule has 16 nitrogen and oxygen atoms in total. The molecule has 1 aromatic carbocycles. The van der Waals surface area contributed by atoms with E-state index in [1.807, 2.05) is 88.2 Å². The Kier molecular flexibility index (Phi) is 22.6. The number of hydrogen-bond donors (Lipinski definition) is 4. The molecule has 1 aliphatic carbocycles. The lowest BCUT2D eigenvalue weighted by molar-refractivity contribution is -0.265. The first-order valence-corrected chi connectivity index (χ1v) is 28.5. The number of fused-ring (bicyclic) bond motifs is 5. The second kappa shape index (κ2) is 27.9. The summed E-state index contributed by atoms with van der Waals surface area (Å²) in [6, 6.07) is 5.70. The number of anilines is 1. The van der Waals surface area contributed by atoms with Crippen molar-refractivity contribution < 1.29 is 63.1 Å². The van der Waals surface area contributed by atoms with E-state index >= 15 is 0 Å². The number of thioether (sulfide) groups is 1. The molecule has 0 spiro atoms. The monoisotopic (exact) mass is 1100 g/mol. The molecule has 0 radical (unpaired) electrons. The molecule has 2 saturated heterocycles. The van der Waals surface area contributed by atoms with Crippen LogP contribution in [0.2, 0.25) is 5.02 Å². The molecule has 6 rings (SSSR count). The number of halogens is 1. The van der Waals surface area contributed by atoms with Gasteiger partial charge in [0.15, 0.2) is 11.3 Å². The van der Waals surface area contributed by atoms with Gasteiger partial charge in [-0.1, -0.05) is 94.4 Å². The SMILES string of the molecule is CO[C@H]1C[C@@H]2CC[C@@H](C)[C@@](O)(O2)C(=O)C(=O)N2CCC[C@H](C2)C(=O)O[C@H]([C@H](C)C[C@@H]2CC[C@@H](O)[C@H](ONC3Sc4ccc(Cl)cc4N3C)C2)CC(=O)[C@H](C)/C=C(\C)[C@@H](O)[C@@H](OC)C(=O)[C@H](C)C[C@H](C)/C=C/C=C/C=C/1C. The Bertz CT molecular complexity index is 2330. The summed E-state index contributed by atoms with van der Waals surface area (Å²) < 4.78 is 24.0. The molecule has 1 aromatic rings. The fourth-order valence-electron chi connectivity index (χ4n) is 11.4. The number of methoxy groups -OCH3 is 2. The molecule has 4 bridgehead atoms. The standard InChI is InChI=1S/C58H84ClN3O13S/c1-33-15-12-11-13-16-34(2)47(71-9)30-43-21-18-39(7)58(70,74-43)54(67)55(68)62-24-14-17-41(32-62)56(69)73-48(31-46(64)35(3)26-38(6)52(66)53(72-10)51(65)37(5)25-33)36(4)27-40-19-22-45(63)49(28-40)75-60-57-61(8)44-29-42(59)20-23-50(44)76-57/h11-13,15-16,20,23,26,29,33,35-37,39-41,43,45,47-49,52-53,57,60,63,66,70H,14,17-19,21-22,24-25,27-28,30-32H2,1-10H3/b13-11+,15-12+,34-16+,38-26+/t33-,35-,36-,37-,39-,40+,41-,43+,45-,47+,48+,49-,52-,53+,57?,58-/m1/s1. The van der Waals surface area contributed by atoms with E-state index in [1.54, 1.807) is 45.7 Å². The summed E-state index contributed by atoms with van der Waals surface area (Å²) in [4.78, 5) is 81.3. The number of aliphatic hydroxyl groups is 3. The molecule has 5 aliphatic rings. The number of nitrogens with zero attached hydrogens (tertiary/aromatic N) is 2. The van der Waals surface area contributed by atoms with Crippen LogP contribution < -0.4 is 10.4 Å². The number of ether oxygens (including phenoxy) is 4. The van der Waals surface area contributed by atoms with Crippen LogP contribution in [-0.2, 0) is 47.8 Å².